The number of aromatic nitrogens is 2. The van der Waals surface area contributed by atoms with Crippen molar-refractivity contribution in [2.45, 2.75) is 19.4 Å². The first kappa shape index (κ1) is 17.3. The van der Waals surface area contributed by atoms with Crippen LogP contribution in [0.5, 0.6) is 0 Å². The molecule has 2 N–H and O–H groups in total. The molecule has 3 aromatic rings. The number of rotatable bonds is 6. The van der Waals surface area contributed by atoms with Gasteiger partial charge in [-0.2, -0.15) is 0 Å². The van der Waals surface area contributed by atoms with Crippen molar-refractivity contribution in [1.82, 2.24) is 15.3 Å². The van der Waals surface area contributed by atoms with Crippen LogP contribution >= 0.6 is 0 Å². The Morgan fingerprint density at radius 3 is 2.54 bits per heavy atom. The minimum absolute atomic E-state index is 0.0849. The fourth-order valence-corrected chi connectivity index (χ4v) is 2.52. The average molecular weight is 350 g/mol. The Balaban J connectivity index is 1.56. The van der Waals surface area contributed by atoms with Gasteiger partial charge >= 0.3 is 0 Å². The van der Waals surface area contributed by atoms with Gasteiger partial charge in [-0.15, -0.1) is 0 Å². The number of nitrogens with one attached hydrogen (secondary N) is 2. The fourth-order valence-electron chi connectivity index (χ4n) is 2.52. The maximum Gasteiger partial charge on any atom is 0.270 e. The number of amides is 1. The predicted molar refractivity (Wildman–Crippen MR) is 93.3 cm³/mol. The summed E-state index contributed by atoms with van der Waals surface area (Å²) in [5, 5.41) is 13.4. The lowest BCUT2D eigenvalue weighted by molar-refractivity contribution is -0.255. The molecule has 7 heteroatoms. The summed E-state index contributed by atoms with van der Waals surface area (Å²) < 4.78 is 0. The SMILES string of the molecule is O=C(CCc1nc2ccccc2[nH]c1=O)NCc1ccc(C(=O)[O-])cc1. The van der Waals surface area contributed by atoms with Crippen molar-refractivity contribution in [2.75, 3.05) is 0 Å². The van der Waals surface area contributed by atoms with Crippen molar-refractivity contribution in [3.63, 3.8) is 0 Å². The molecular weight excluding hydrogens is 334 g/mol. The van der Waals surface area contributed by atoms with Crippen LogP contribution in [0.1, 0.15) is 28.0 Å². The molecule has 0 spiro atoms. The molecule has 0 saturated heterocycles. The molecule has 0 radical (unpaired) electrons. The van der Waals surface area contributed by atoms with Gasteiger partial charge in [0.25, 0.3) is 5.56 Å². The van der Waals surface area contributed by atoms with E-state index in [-0.39, 0.29) is 36.4 Å². The van der Waals surface area contributed by atoms with E-state index >= 15 is 0 Å². The number of fused-ring (bicyclic) bond motifs is 1. The van der Waals surface area contributed by atoms with Gasteiger partial charge in [-0.25, -0.2) is 4.98 Å². The van der Waals surface area contributed by atoms with E-state index in [4.69, 9.17) is 0 Å². The van der Waals surface area contributed by atoms with E-state index in [2.05, 4.69) is 15.3 Å². The number of carbonyl (C=O) groups is 2. The third-order valence-corrected chi connectivity index (χ3v) is 3.94. The lowest BCUT2D eigenvalue weighted by atomic mass is 10.1. The molecule has 1 amide bonds. The Kier molecular flexibility index (Phi) is 5.07. The lowest BCUT2D eigenvalue weighted by Gasteiger charge is -2.07. The molecule has 132 valence electrons. The molecule has 0 unspecified atom stereocenters. The molecule has 2 aromatic carbocycles. The highest BCUT2D eigenvalue weighted by Crippen LogP contribution is 2.07. The van der Waals surface area contributed by atoms with Crippen LogP contribution in [0, 0.1) is 0 Å². The van der Waals surface area contributed by atoms with Crippen molar-refractivity contribution < 1.29 is 14.7 Å². The molecule has 0 aliphatic heterocycles. The maximum absolute atomic E-state index is 12.0. The molecule has 1 heterocycles. The average Bonchev–Trinajstić information content (AvgIpc) is 2.65. The Morgan fingerprint density at radius 1 is 1.08 bits per heavy atom. The zero-order chi connectivity index (χ0) is 18.5. The number of carboxylic acid groups (broad SMARTS) is 1. The summed E-state index contributed by atoms with van der Waals surface area (Å²) in [6, 6.07) is 13.3. The van der Waals surface area contributed by atoms with E-state index in [1.54, 1.807) is 24.3 Å². The summed E-state index contributed by atoms with van der Waals surface area (Å²) in [4.78, 5) is 41.7. The monoisotopic (exact) mass is 350 g/mol. The topological polar surface area (TPSA) is 115 Å². The van der Waals surface area contributed by atoms with Crippen LogP contribution in [-0.4, -0.2) is 21.8 Å². The summed E-state index contributed by atoms with van der Waals surface area (Å²) in [6.07, 6.45) is 0.362. The van der Waals surface area contributed by atoms with Crippen LogP contribution in [0.15, 0.2) is 53.3 Å². The zero-order valence-electron chi connectivity index (χ0n) is 13.8. The van der Waals surface area contributed by atoms with E-state index in [9.17, 15) is 19.5 Å². The molecule has 3 rings (SSSR count). The molecule has 0 saturated carbocycles. The molecular formula is C19H16N3O4-. The van der Waals surface area contributed by atoms with Crippen molar-refractivity contribution in [3.8, 4) is 0 Å². The minimum Gasteiger partial charge on any atom is -0.545 e. The number of benzene rings is 2. The first-order valence-electron chi connectivity index (χ1n) is 8.08. The van der Waals surface area contributed by atoms with E-state index in [0.29, 0.717) is 16.7 Å². The van der Waals surface area contributed by atoms with Crippen LogP contribution in [-0.2, 0) is 17.8 Å². The third kappa shape index (κ3) is 4.13. The number of hydrogen-bond donors (Lipinski definition) is 2. The molecule has 0 bridgehead atoms. The lowest BCUT2D eigenvalue weighted by Crippen LogP contribution is -2.25. The highest BCUT2D eigenvalue weighted by atomic mass is 16.4. The number of para-hydroxylation sites is 2. The van der Waals surface area contributed by atoms with Gasteiger partial charge < -0.3 is 20.2 Å². The number of aromatic amines is 1. The van der Waals surface area contributed by atoms with Crippen molar-refractivity contribution >= 4 is 22.9 Å². The van der Waals surface area contributed by atoms with Crippen molar-refractivity contribution in [3.05, 3.63) is 75.7 Å². The van der Waals surface area contributed by atoms with Crippen molar-refractivity contribution in [2.24, 2.45) is 0 Å². The highest BCUT2D eigenvalue weighted by Gasteiger charge is 2.08. The smallest absolute Gasteiger partial charge is 0.270 e. The highest BCUT2D eigenvalue weighted by molar-refractivity contribution is 5.85. The largest absolute Gasteiger partial charge is 0.545 e. The van der Waals surface area contributed by atoms with E-state index in [1.807, 2.05) is 12.1 Å². The summed E-state index contributed by atoms with van der Waals surface area (Å²) in [6.45, 7) is 0.271. The summed E-state index contributed by atoms with van der Waals surface area (Å²) in [5.74, 6) is -1.46. The molecule has 1 aromatic heterocycles. The number of carbonyl (C=O) groups excluding carboxylic acids is 2. The second-order valence-electron chi connectivity index (χ2n) is 5.79. The summed E-state index contributed by atoms with van der Waals surface area (Å²) >= 11 is 0. The van der Waals surface area contributed by atoms with Crippen molar-refractivity contribution in [1.29, 1.82) is 0 Å². The summed E-state index contributed by atoms with van der Waals surface area (Å²) in [7, 11) is 0. The van der Waals surface area contributed by atoms with Crippen LogP contribution in [0.4, 0.5) is 0 Å². The van der Waals surface area contributed by atoms with Gasteiger partial charge in [0, 0.05) is 19.4 Å². The number of hydrogen-bond acceptors (Lipinski definition) is 5. The number of aromatic carboxylic acids is 1. The number of carboxylic acids is 1. The van der Waals surface area contributed by atoms with Crippen LogP contribution in [0.25, 0.3) is 11.0 Å². The maximum atomic E-state index is 12.0. The first-order chi connectivity index (χ1) is 12.5. The van der Waals surface area contributed by atoms with Gasteiger partial charge in [0.1, 0.15) is 5.69 Å². The van der Waals surface area contributed by atoms with Gasteiger partial charge in [-0.05, 0) is 23.3 Å². The Morgan fingerprint density at radius 2 is 1.81 bits per heavy atom. The van der Waals surface area contributed by atoms with Crippen LogP contribution in [0.2, 0.25) is 0 Å². The fraction of sp³-hybridized carbons (Fsp3) is 0.158. The first-order valence-corrected chi connectivity index (χ1v) is 8.08. The third-order valence-electron chi connectivity index (χ3n) is 3.94. The molecule has 0 aliphatic carbocycles. The number of H-pyrrole nitrogens is 1. The van der Waals surface area contributed by atoms with E-state index in [1.165, 1.54) is 12.1 Å². The molecule has 0 fully saturated rings. The minimum atomic E-state index is -1.24. The molecule has 26 heavy (non-hydrogen) atoms. The number of aryl methyl sites for hydroxylation is 1. The number of nitrogens with zero attached hydrogens (tertiary/aromatic N) is 1. The standard InChI is InChI=1S/C19H17N3O4/c23-17(20-11-12-5-7-13(8-6-12)19(25)26)10-9-16-18(24)22-15-4-2-1-3-14(15)21-16/h1-8H,9-11H2,(H,20,23)(H,22,24)(H,25,26)/p-1. The molecule has 0 atom stereocenters. The molecule has 7 nitrogen and oxygen atoms in total. The van der Waals surface area contributed by atoms with E-state index in [0.717, 1.165) is 5.56 Å². The van der Waals surface area contributed by atoms with E-state index < -0.39 is 5.97 Å². The Hall–Kier alpha value is -3.48. The molecule has 0 aliphatic rings. The second-order valence-corrected chi connectivity index (χ2v) is 5.79. The van der Waals surface area contributed by atoms with Gasteiger partial charge in [0.15, 0.2) is 0 Å². The normalized spacial score (nSPS) is 10.6. The van der Waals surface area contributed by atoms with Gasteiger partial charge in [0.05, 0.1) is 17.0 Å². The Bertz CT molecular complexity index is 1010. The second kappa shape index (κ2) is 7.60. The van der Waals surface area contributed by atoms with Crippen LogP contribution in [0.3, 0.4) is 0 Å². The van der Waals surface area contributed by atoms with Gasteiger partial charge in [-0.3, -0.25) is 9.59 Å². The van der Waals surface area contributed by atoms with Gasteiger partial charge in [0.2, 0.25) is 5.91 Å². The Labute approximate surface area is 148 Å². The van der Waals surface area contributed by atoms with Crippen LogP contribution < -0.4 is 16.0 Å². The zero-order valence-corrected chi connectivity index (χ0v) is 13.8. The van der Waals surface area contributed by atoms with Gasteiger partial charge in [-0.1, -0.05) is 36.4 Å². The summed E-state index contributed by atoms with van der Waals surface area (Å²) in [5.41, 5.74) is 2.21. The predicted octanol–water partition coefficient (Wildman–Crippen LogP) is 0.536. The quantitative estimate of drug-likeness (QED) is 0.673.